The summed E-state index contributed by atoms with van der Waals surface area (Å²) in [6.07, 6.45) is 3.78. The van der Waals surface area contributed by atoms with Crippen LogP contribution in [-0.2, 0) is 11.3 Å². The number of rotatable bonds is 1. The third-order valence-corrected chi connectivity index (χ3v) is 1.95. The standard InChI is InChI=1S/C7H11N3O/c1-11-7-4-8-2-6-3-9-5-10(6)7/h3,5,7-8H,2,4H2,1H3. The third-order valence-electron chi connectivity index (χ3n) is 1.95. The van der Waals surface area contributed by atoms with Gasteiger partial charge in [-0.05, 0) is 0 Å². The predicted octanol–water partition coefficient (Wildman–Crippen LogP) is 0.131. The molecule has 1 aromatic heterocycles. The molecule has 2 rings (SSSR count). The molecule has 1 atom stereocenters. The van der Waals surface area contributed by atoms with Crippen LogP contribution in [0.15, 0.2) is 12.5 Å². The van der Waals surface area contributed by atoms with Crippen LogP contribution in [0.25, 0.3) is 0 Å². The molecule has 4 heteroatoms. The lowest BCUT2D eigenvalue weighted by Crippen LogP contribution is -2.33. The van der Waals surface area contributed by atoms with Gasteiger partial charge in [-0.2, -0.15) is 0 Å². The van der Waals surface area contributed by atoms with Crippen molar-refractivity contribution in [2.24, 2.45) is 0 Å². The molecule has 0 spiro atoms. The van der Waals surface area contributed by atoms with E-state index in [1.165, 1.54) is 5.69 Å². The Hall–Kier alpha value is -0.870. The van der Waals surface area contributed by atoms with Gasteiger partial charge >= 0.3 is 0 Å². The van der Waals surface area contributed by atoms with Gasteiger partial charge in [0.15, 0.2) is 0 Å². The molecule has 1 aliphatic heterocycles. The van der Waals surface area contributed by atoms with E-state index in [0.29, 0.717) is 0 Å². The van der Waals surface area contributed by atoms with Crippen LogP contribution < -0.4 is 5.32 Å². The second-order valence-corrected chi connectivity index (χ2v) is 2.61. The van der Waals surface area contributed by atoms with Gasteiger partial charge in [-0.1, -0.05) is 0 Å². The molecule has 0 fully saturated rings. The van der Waals surface area contributed by atoms with Crippen molar-refractivity contribution in [2.75, 3.05) is 13.7 Å². The number of aromatic nitrogens is 2. The number of ether oxygens (including phenoxy) is 1. The molecule has 0 saturated carbocycles. The van der Waals surface area contributed by atoms with Crippen molar-refractivity contribution in [3.8, 4) is 0 Å². The molecule has 11 heavy (non-hydrogen) atoms. The molecule has 60 valence electrons. The van der Waals surface area contributed by atoms with Crippen molar-refractivity contribution in [3.05, 3.63) is 18.2 Å². The number of fused-ring (bicyclic) bond motifs is 1. The fraction of sp³-hybridized carbons (Fsp3) is 0.571. The van der Waals surface area contributed by atoms with Crippen LogP contribution in [0.5, 0.6) is 0 Å². The fourth-order valence-corrected chi connectivity index (χ4v) is 1.35. The van der Waals surface area contributed by atoms with E-state index in [-0.39, 0.29) is 6.23 Å². The Morgan fingerprint density at radius 3 is 3.55 bits per heavy atom. The second-order valence-electron chi connectivity index (χ2n) is 2.61. The monoisotopic (exact) mass is 153 g/mol. The average Bonchev–Trinajstić information content (AvgIpc) is 2.50. The molecule has 0 aromatic carbocycles. The van der Waals surface area contributed by atoms with E-state index in [0.717, 1.165) is 13.1 Å². The Morgan fingerprint density at radius 2 is 2.73 bits per heavy atom. The second kappa shape index (κ2) is 2.64. The highest BCUT2D eigenvalue weighted by molar-refractivity contribution is 5.01. The van der Waals surface area contributed by atoms with Gasteiger partial charge < -0.3 is 14.6 Å². The molecule has 1 aliphatic rings. The Kier molecular flexibility index (Phi) is 1.63. The van der Waals surface area contributed by atoms with Crippen molar-refractivity contribution in [1.29, 1.82) is 0 Å². The average molecular weight is 153 g/mol. The molecule has 0 saturated heterocycles. The lowest BCUT2D eigenvalue weighted by Gasteiger charge is -2.24. The van der Waals surface area contributed by atoms with Gasteiger partial charge in [-0.15, -0.1) is 0 Å². The van der Waals surface area contributed by atoms with Gasteiger partial charge in [0.2, 0.25) is 0 Å². The van der Waals surface area contributed by atoms with Crippen molar-refractivity contribution >= 4 is 0 Å². The van der Waals surface area contributed by atoms with Crippen molar-refractivity contribution in [1.82, 2.24) is 14.9 Å². The topological polar surface area (TPSA) is 39.1 Å². The van der Waals surface area contributed by atoms with Crippen LogP contribution in [0.4, 0.5) is 0 Å². The Balaban J connectivity index is 2.32. The first-order valence-corrected chi connectivity index (χ1v) is 3.66. The molecule has 1 unspecified atom stereocenters. The maximum Gasteiger partial charge on any atom is 0.147 e. The summed E-state index contributed by atoms with van der Waals surface area (Å²) >= 11 is 0. The van der Waals surface area contributed by atoms with Crippen molar-refractivity contribution in [3.63, 3.8) is 0 Å². The summed E-state index contributed by atoms with van der Waals surface area (Å²) in [5, 5.41) is 3.24. The van der Waals surface area contributed by atoms with E-state index < -0.39 is 0 Å². The summed E-state index contributed by atoms with van der Waals surface area (Å²) in [6, 6.07) is 0. The van der Waals surface area contributed by atoms with Gasteiger partial charge in [0.25, 0.3) is 0 Å². The highest BCUT2D eigenvalue weighted by atomic mass is 16.5. The third kappa shape index (κ3) is 1.04. The summed E-state index contributed by atoms with van der Waals surface area (Å²) in [5.41, 5.74) is 1.18. The molecular weight excluding hydrogens is 142 g/mol. The molecule has 2 heterocycles. The first-order chi connectivity index (χ1) is 5.42. The van der Waals surface area contributed by atoms with E-state index in [9.17, 15) is 0 Å². The Bertz CT molecular complexity index is 246. The fourth-order valence-electron chi connectivity index (χ4n) is 1.35. The minimum Gasteiger partial charge on any atom is -0.360 e. The van der Waals surface area contributed by atoms with E-state index in [1.807, 2.05) is 12.5 Å². The van der Waals surface area contributed by atoms with Crippen LogP contribution in [-0.4, -0.2) is 23.2 Å². The van der Waals surface area contributed by atoms with Crippen LogP contribution in [0.1, 0.15) is 11.9 Å². The van der Waals surface area contributed by atoms with Crippen molar-refractivity contribution < 1.29 is 4.74 Å². The molecule has 0 amide bonds. The van der Waals surface area contributed by atoms with Crippen LogP contribution >= 0.6 is 0 Å². The summed E-state index contributed by atoms with van der Waals surface area (Å²) < 4.78 is 7.29. The number of methoxy groups -OCH3 is 1. The van der Waals surface area contributed by atoms with E-state index in [1.54, 1.807) is 7.11 Å². The normalized spacial score (nSPS) is 23.2. The quantitative estimate of drug-likeness (QED) is 0.623. The van der Waals surface area contributed by atoms with E-state index in [4.69, 9.17) is 4.74 Å². The van der Waals surface area contributed by atoms with Crippen LogP contribution in [0, 0.1) is 0 Å². The smallest absolute Gasteiger partial charge is 0.147 e. The minimum absolute atomic E-state index is 0.112. The zero-order chi connectivity index (χ0) is 7.68. The predicted molar refractivity (Wildman–Crippen MR) is 40.0 cm³/mol. The summed E-state index contributed by atoms with van der Waals surface area (Å²) in [6.45, 7) is 1.75. The van der Waals surface area contributed by atoms with Gasteiger partial charge in [0, 0.05) is 26.4 Å². The molecule has 1 aromatic rings. The zero-order valence-electron chi connectivity index (χ0n) is 6.45. The van der Waals surface area contributed by atoms with Crippen molar-refractivity contribution in [2.45, 2.75) is 12.8 Å². The van der Waals surface area contributed by atoms with E-state index >= 15 is 0 Å². The molecule has 0 radical (unpaired) electrons. The zero-order valence-corrected chi connectivity index (χ0v) is 6.45. The molecule has 1 N–H and O–H groups in total. The summed E-state index contributed by atoms with van der Waals surface area (Å²) in [4.78, 5) is 4.04. The van der Waals surface area contributed by atoms with Gasteiger partial charge in [-0.25, -0.2) is 4.98 Å². The molecule has 0 bridgehead atoms. The first kappa shape index (κ1) is 6.82. The molecule has 4 nitrogen and oxygen atoms in total. The van der Waals surface area contributed by atoms with Crippen LogP contribution in [0.2, 0.25) is 0 Å². The summed E-state index contributed by atoms with van der Waals surface area (Å²) in [5.74, 6) is 0. The number of hydrogen-bond acceptors (Lipinski definition) is 3. The minimum atomic E-state index is 0.112. The lowest BCUT2D eigenvalue weighted by molar-refractivity contribution is 0.0328. The highest BCUT2D eigenvalue weighted by Crippen LogP contribution is 2.14. The number of nitrogens with one attached hydrogen (secondary N) is 1. The highest BCUT2D eigenvalue weighted by Gasteiger charge is 2.17. The lowest BCUT2D eigenvalue weighted by atomic mass is 10.3. The maximum atomic E-state index is 5.24. The van der Waals surface area contributed by atoms with Gasteiger partial charge in [0.05, 0.1) is 12.0 Å². The first-order valence-electron chi connectivity index (χ1n) is 3.66. The number of nitrogens with zero attached hydrogens (tertiary/aromatic N) is 2. The Labute approximate surface area is 65.2 Å². The molecular formula is C7H11N3O. The SMILES string of the molecule is COC1CNCc2cncn21. The van der Waals surface area contributed by atoms with Gasteiger partial charge in [-0.3, -0.25) is 0 Å². The maximum absolute atomic E-state index is 5.24. The van der Waals surface area contributed by atoms with Gasteiger partial charge in [0.1, 0.15) is 6.23 Å². The van der Waals surface area contributed by atoms with E-state index in [2.05, 4.69) is 14.9 Å². The van der Waals surface area contributed by atoms with Crippen LogP contribution in [0.3, 0.4) is 0 Å². The number of imidazole rings is 1. The molecule has 0 aliphatic carbocycles. The summed E-state index contributed by atoms with van der Waals surface area (Å²) in [7, 11) is 1.71. The largest absolute Gasteiger partial charge is 0.360 e. The Morgan fingerprint density at radius 1 is 1.82 bits per heavy atom. The number of hydrogen-bond donors (Lipinski definition) is 1.